The van der Waals surface area contributed by atoms with Crippen LogP contribution in [0.4, 0.5) is 27.6 Å². The number of nitrogens with one attached hydrogen (secondary N) is 1. The van der Waals surface area contributed by atoms with Gasteiger partial charge in [0.25, 0.3) is 0 Å². The van der Waals surface area contributed by atoms with Crippen LogP contribution in [0, 0.1) is 17.6 Å². The minimum atomic E-state index is -4.79. The lowest BCUT2D eigenvalue weighted by Crippen LogP contribution is -2.40. The van der Waals surface area contributed by atoms with E-state index in [9.17, 15) is 31.5 Å². The summed E-state index contributed by atoms with van der Waals surface area (Å²) in [5.41, 5.74) is 0.0420. The number of likely N-dealkylation sites (tertiary alicyclic amines) is 1. The van der Waals surface area contributed by atoms with Crippen molar-refractivity contribution in [1.29, 1.82) is 0 Å². The van der Waals surface area contributed by atoms with Crippen molar-refractivity contribution in [3.63, 3.8) is 0 Å². The van der Waals surface area contributed by atoms with Crippen molar-refractivity contribution in [1.82, 2.24) is 4.90 Å². The van der Waals surface area contributed by atoms with Crippen LogP contribution in [0.1, 0.15) is 23.2 Å². The second-order valence-corrected chi connectivity index (χ2v) is 7.16. The predicted octanol–water partition coefficient (Wildman–Crippen LogP) is 4.40. The average Bonchev–Trinajstić information content (AvgIpc) is 2.70. The molecular weight excluding hydrogens is 423 g/mol. The molecule has 1 saturated heterocycles. The Balaban J connectivity index is 1.48. The van der Waals surface area contributed by atoms with Gasteiger partial charge in [-0.1, -0.05) is 0 Å². The highest BCUT2D eigenvalue weighted by Gasteiger charge is 2.31. The second-order valence-electron chi connectivity index (χ2n) is 7.16. The fourth-order valence-electron chi connectivity index (χ4n) is 3.40. The topological polar surface area (TPSA) is 58.6 Å². The molecule has 5 nitrogen and oxygen atoms in total. The van der Waals surface area contributed by atoms with Crippen LogP contribution < -0.4 is 10.1 Å². The fraction of sp³-hybridized carbons (Fsp3) is 0.333. The van der Waals surface area contributed by atoms with Crippen LogP contribution in [0.25, 0.3) is 0 Å². The van der Waals surface area contributed by atoms with Gasteiger partial charge in [0.2, 0.25) is 5.91 Å². The van der Waals surface area contributed by atoms with Crippen molar-refractivity contribution in [3.8, 4) is 5.75 Å². The van der Waals surface area contributed by atoms with E-state index >= 15 is 0 Å². The Morgan fingerprint density at radius 3 is 2.29 bits per heavy atom. The van der Waals surface area contributed by atoms with Crippen LogP contribution >= 0.6 is 0 Å². The number of anilines is 1. The van der Waals surface area contributed by atoms with Crippen molar-refractivity contribution in [2.45, 2.75) is 19.2 Å². The summed E-state index contributed by atoms with van der Waals surface area (Å²) in [5, 5.41) is 2.58. The molecule has 0 aromatic heterocycles. The molecule has 1 N–H and O–H groups in total. The molecule has 166 valence electrons. The molecule has 0 saturated carbocycles. The molecule has 0 spiro atoms. The van der Waals surface area contributed by atoms with Crippen molar-refractivity contribution >= 4 is 17.4 Å². The quantitative estimate of drug-likeness (QED) is 0.533. The number of hydrogen-bond acceptors (Lipinski definition) is 4. The average molecular weight is 442 g/mol. The molecule has 0 unspecified atom stereocenters. The first kappa shape index (κ1) is 22.7. The monoisotopic (exact) mass is 442 g/mol. The maximum atomic E-state index is 13.8. The van der Waals surface area contributed by atoms with Crippen molar-refractivity contribution in [2.24, 2.45) is 5.92 Å². The van der Waals surface area contributed by atoms with Crippen LogP contribution in [0.15, 0.2) is 42.5 Å². The second kappa shape index (κ2) is 9.42. The van der Waals surface area contributed by atoms with Crippen molar-refractivity contribution in [2.75, 3.05) is 25.0 Å². The van der Waals surface area contributed by atoms with Gasteiger partial charge in [-0.25, -0.2) is 8.78 Å². The van der Waals surface area contributed by atoms with E-state index in [0.717, 1.165) is 30.3 Å². The Morgan fingerprint density at radius 1 is 1.03 bits per heavy atom. The summed E-state index contributed by atoms with van der Waals surface area (Å²) in [6, 6.07) is 7.52. The van der Waals surface area contributed by atoms with Gasteiger partial charge in [0.05, 0.1) is 12.1 Å². The number of carbonyl (C=O) groups excluding carboxylic acids is 2. The zero-order valence-electron chi connectivity index (χ0n) is 16.2. The molecule has 3 rings (SSSR count). The van der Waals surface area contributed by atoms with E-state index < -0.39 is 35.4 Å². The van der Waals surface area contributed by atoms with Gasteiger partial charge in [0, 0.05) is 11.6 Å². The Kier molecular flexibility index (Phi) is 6.89. The number of ether oxygens (including phenoxy) is 1. The lowest BCUT2D eigenvalue weighted by molar-refractivity contribution is -0.274. The van der Waals surface area contributed by atoms with Gasteiger partial charge in [-0.15, -0.1) is 13.2 Å². The minimum Gasteiger partial charge on any atom is -0.406 e. The first-order valence-electron chi connectivity index (χ1n) is 9.48. The molecule has 2 aromatic carbocycles. The molecule has 1 aliphatic heterocycles. The Bertz CT molecular complexity index is 939. The van der Waals surface area contributed by atoms with E-state index in [0.29, 0.717) is 31.6 Å². The smallest absolute Gasteiger partial charge is 0.406 e. The molecule has 1 aliphatic rings. The lowest BCUT2D eigenvalue weighted by Gasteiger charge is -2.30. The Labute approximate surface area is 174 Å². The van der Waals surface area contributed by atoms with E-state index in [1.165, 1.54) is 12.1 Å². The SMILES string of the molecule is O=C(CN1CCC(C(=O)c2cc(F)ccc2F)CC1)Nc1ccc(OC(F)(F)F)cc1. The number of hydrogen-bond donors (Lipinski definition) is 1. The van der Waals surface area contributed by atoms with E-state index in [-0.39, 0.29) is 18.0 Å². The zero-order valence-corrected chi connectivity index (χ0v) is 16.2. The molecule has 1 heterocycles. The van der Waals surface area contributed by atoms with Crippen LogP contribution in [0.3, 0.4) is 0 Å². The zero-order chi connectivity index (χ0) is 22.6. The van der Waals surface area contributed by atoms with Crippen LogP contribution in [0.2, 0.25) is 0 Å². The highest BCUT2D eigenvalue weighted by molar-refractivity contribution is 5.98. The number of benzene rings is 2. The van der Waals surface area contributed by atoms with Crippen LogP contribution in [0.5, 0.6) is 5.75 Å². The number of amides is 1. The molecule has 1 fully saturated rings. The van der Waals surface area contributed by atoms with E-state index in [1.807, 2.05) is 4.90 Å². The minimum absolute atomic E-state index is 0.0238. The van der Waals surface area contributed by atoms with Gasteiger partial charge in [-0.3, -0.25) is 14.5 Å². The molecule has 0 aliphatic carbocycles. The van der Waals surface area contributed by atoms with Crippen LogP contribution in [-0.4, -0.2) is 42.6 Å². The van der Waals surface area contributed by atoms with Crippen molar-refractivity contribution < 1.29 is 36.3 Å². The first-order valence-corrected chi connectivity index (χ1v) is 9.48. The fourth-order valence-corrected chi connectivity index (χ4v) is 3.40. The highest BCUT2D eigenvalue weighted by Crippen LogP contribution is 2.25. The summed E-state index contributed by atoms with van der Waals surface area (Å²) in [5.74, 6) is -3.13. The summed E-state index contributed by atoms with van der Waals surface area (Å²) in [6.07, 6.45) is -4.00. The molecule has 31 heavy (non-hydrogen) atoms. The molecule has 0 atom stereocenters. The maximum Gasteiger partial charge on any atom is 0.573 e. The van der Waals surface area contributed by atoms with Gasteiger partial charge in [-0.05, 0) is 68.4 Å². The molecule has 2 aromatic rings. The molecule has 0 radical (unpaired) electrons. The summed E-state index contributed by atoms with van der Waals surface area (Å²) < 4.78 is 67.4. The number of carbonyl (C=O) groups is 2. The third kappa shape index (κ3) is 6.48. The third-order valence-corrected chi connectivity index (χ3v) is 4.89. The third-order valence-electron chi connectivity index (χ3n) is 4.89. The summed E-state index contributed by atoms with van der Waals surface area (Å²) in [4.78, 5) is 26.5. The summed E-state index contributed by atoms with van der Waals surface area (Å²) in [6.45, 7) is 0.855. The van der Waals surface area contributed by atoms with E-state index in [2.05, 4.69) is 10.1 Å². The Morgan fingerprint density at radius 2 is 1.68 bits per heavy atom. The number of piperidine rings is 1. The number of nitrogens with zero attached hydrogens (tertiary/aromatic N) is 1. The van der Waals surface area contributed by atoms with Crippen LogP contribution in [-0.2, 0) is 4.79 Å². The van der Waals surface area contributed by atoms with Gasteiger partial charge in [0.15, 0.2) is 5.78 Å². The highest BCUT2D eigenvalue weighted by atomic mass is 19.4. The van der Waals surface area contributed by atoms with Crippen molar-refractivity contribution in [3.05, 3.63) is 59.7 Å². The molecule has 1 amide bonds. The largest absolute Gasteiger partial charge is 0.573 e. The van der Waals surface area contributed by atoms with Gasteiger partial charge in [-0.2, -0.15) is 0 Å². The number of Topliss-reactive ketones (excluding diaryl/α,β-unsaturated/α-hetero) is 1. The molecule has 10 heteroatoms. The standard InChI is InChI=1S/C21H19F5N2O3/c22-14-1-6-18(23)17(11-14)20(30)13-7-9-28(10-8-13)12-19(29)27-15-2-4-16(5-3-15)31-21(24,25)26/h1-6,11,13H,7-10,12H2,(H,27,29). The van der Waals surface area contributed by atoms with Gasteiger partial charge >= 0.3 is 6.36 Å². The van der Waals surface area contributed by atoms with E-state index in [4.69, 9.17) is 0 Å². The number of rotatable bonds is 6. The first-order chi connectivity index (χ1) is 14.6. The summed E-state index contributed by atoms with van der Waals surface area (Å²) in [7, 11) is 0. The maximum absolute atomic E-state index is 13.8. The van der Waals surface area contributed by atoms with E-state index in [1.54, 1.807) is 0 Å². The number of alkyl halides is 3. The van der Waals surface area contributed by atoms with Gasteiger partial charge in [0.1, 0.15) is 17.4 Å². The Hall–Kier alpha value is -3.01. The lowest BCUT2D eigenvalue weighted by atomic mass is 9.88. The summed E-state index contributed by atoms with van der Waals surface area (Å²) >= 11 is 0. The van der Waals surface area contributed by atoms with Gasteiger partial charge < -0.3 is 10.1 Å². The predicted molar refractivity (Wildman–Crippen MR) is 102 cm³/mol. The number of ketones is 1. The molecular formula is C21H19F5N2O3. The normalized spacial score (nSPS) is 15.5. The molecule has 0 bridgehead atoms. The number of halogens is 5.